The molecule has 4 nitrogen and oxygen atoms in total. The Morgan fingerprint density at radius 2 is 2.44 bits per heavy atom. The van der Waals surface area contributed by atoms with Crippen LogP contribution in [0.3, 0.4) is 0 Å². The van der Waals surface area contributed by atoms with E-state index in [1.807, 2.05) is 6.92 Å². The molecule has 5 heteroatoms. The van der Waals surface area contributed by atoms with Gasteiger partial charge < -0.3 is 5.32 Å². The van der Waals surface area contributed by atoms with Crippen molar-refractivity contribution in [1.29, 1.82) is 0 Å². The van der Waals surface area contributed by atoms with Gasteiger partial charge in [0.15, 0.2) is 0 Å². The third-order valence-corrected chi connectivity index (χ3v) is 2.94. The minimum Gasteiger partial charge on any atom is -0.352 e. The Labute approximate surface area is 101 Å². The summed E-state index contributed by atoms with van der Waals surface area (Å²) >= 11 is 5.69. The lowest BCUT2D eigenvalue weighted by Gasteiger charge is -2.13. The molecule has 1 unspecified atom stereocenters. The van der Waals surface area contributed by atoms with E-state index in [0.29, 0.717) is 23.9 Å². The van der Waals surface area contributed by atoms with E-state index in [2.05, 4.69) is 22.4 Å². The second kappa shape index (κ2) is 6.53. The average Bonchev–Trinajstić information content (AvgIpc) is 2.70. The number of nitrogens with zero attached hydrogens (tertiary/aromatic N) is 1. The molecule has 0 aliphatic carbocycles. The molecule has 0 aliphatic heterocycles. The summed E-state index contributed by atoms with van der Waals surface area (Å²) in [6, 6.07) is 0. The molecule has 1 atom stereocenters. The normalized spacial score (nSPS) is 12.4. The molecule has 0 aromatic carbocycles. The maximum absolute atomic E-state index is 11.7. The van der Waals surface area contributed by atoms with Gasteiger partial charge in [-0.2, -0.15) is 5.10 Å². The number of carbonyl (C=O) groups excluding carboxylic acids is 1. The van der Waals surface area contributed by atoms with Crippen LogP contribution in [0.4, 0.5) is 0 Å². The second-order valence-corrected chi connectivity index (χ2v) is 4.25. The summed E-state index contributed by atoms with van der Waals surface area (Å²) in [6.07, 6.45) is 3.51. The summed E-state index contributed by atoms with van der Waals surface area (Å²) in [7, 11) is 0. The second-order valence-electron chi connectivity index (χ2n) is 3.87. The highest BCUT2D eigenvalue weighted by atomic mass is 35.5. The van der Waals surface area contributed by atoms with Gasteiger partial charge in [0.05, 0.1) is 11.8 Å². The number of nitrogens with one attached hydrogen (secondary N) is 2. The Hall–Kier alpha value is -1.03. The van der Waals surface area contributed by atoms with E-state index >= 15 is 0 Å². The average molecular weight is 244 g/mol. The van der Waals surface area contributed by atoms with Gasteiger partial charge in [-0.15, -0.1) is 11.6 Å². The highest BCUT2D eigenvalue weighted by Gasteiger charge is 2.12. The number of aromatic amines is 1. The zero-order chi connectivity index (χ0) is 12.0. The van der Waals surface area contributed by atoms with Crippen molar-refractivity contribution < 1.29 is 4.79 Å². The van der Waals surface area contributed by atoms with E-state index in [-0.39, 0.29) is 5.91 Å². The zero-order valence-electron chi connectivity index (χ0n) is 9.72. The molecule has 0 radical (unpaired) electrons. The van der Waals surface area contributed by atoms with E-state index in [1.165, 1.54) is 0 Å². The first-order chi connectivity index (χ1) is 7.69. The zero-order valence-corrected chi connectivity index (χ0v) is 10.5. The highest BCUT2D eigenvalue weighted by Crippen LogP contribution is 2.08. The van der Waals surface area contributed by atoms with Gasteiger partial charge in [0.1, 0.15) is 0 Å². The summed E-state index contributed by atoms with van der Waals surface area (Å²) in [4.78, 5) is 11.7. The van der Waals surface area contributed by atoms with Crippen LogP contribution in [-0.2, 0) is 0 Å². The van der Waals surface area contributed by atoms with Crippen molar-refractivity contribution in [2.45, 2.75) is 26.7 Å². The predicted octanol–water partition coefficient (Wildman–Crippen LogP) is 2.10. The first kappa shape index (κ1) is 13.0. The van der Waals surface area contributed by atoms with Crippen LogP contribution < -0.4 is 5.32 Å². The number of H-pyrrole nitrogens is 1. The lowest BCUT2D eigenvalue weighted by molar-refractivity contribution is 0.0946. The standard InChI is InChI=1S/C11H18ClN3O/c1-3-9(4-5-12)6-13-11(16)10-7-14-15-8(10)2/h7,9H,3-6H2,1-2H3,(H,13,16)(H,14,15). The molecule has 90 valence electrons. The Morgan fingerprint density at radius 3 is 2.94 bits per heavy atom. The van der Waals surface area contributed by atoms with Crippen molar-refractivity contribution in [3.05, 3.63) is 17.5 Å². The van der Waals surface area contributed by atoms with Gasteiger partial charge in [0, 0.05) is 18.1 Å². The summed E-state index contributed by atoms with van der Waals surface area (Å²) in [5.41, 5.74) is 1.41. The number of aryl methyl sites for hydroxylation is 1. The number of rotatable bonds is 6. The van der Waals surface area contributed by atoms with Gasteiger partial charge in [-0.1, -0.05) is 13.3 Å². The van der Waals surface area contributed by atoms with Crippen molar-refractivity contribution in [2.24, 2.45) is 5.92 Å². The first-order valence-corrected chi connectivity index (χ1v) is 6.06. The summed E-state index contributed by atoms with van der Waals surface area (Å²) < 4.78 is 0. The molecule has 2 N–H and O–H groups in total. The summed E-state index contributed by atoms with van der Waals surface area (Å²) in [5.74, 6) is 1.02. The molecule has 1 aromatic rings. The number of halogens is 1. The summed E-state index contributed by atoms with van der Waals surface area (Å²) in [5, 5.41) is 9.47. The number of hydrogen-bond acceptors (Lipinski definition) is 2. The smallest absolute Gasteiger partial charge is 0.254 e. The quantitative estimate of drug-likeness (QED) is 0.752. The molecular formula is C11H18ClN3O. The fourth-order valence-corrected chi connectivity index (χ4v) is 1.83. The summed E-state index contributed by atoms with van der Waals surface area (Å²) in [6.45, 7) is 4.61. The fourth-order valence-electron chi connectivity index (χ4n) is 1.52. The molecular weight excluding hydrogens is 226 g/mol. The Bertz CT molecular complexity index is 338. The number of aromatic nitrogens is 2. The van der Waals surface area contributed by atoms with Crippen molar-refractivity contribution >= 4 is 17.5 Å². The van der Waals surface area contributed by atoms with Crippen molar-refractivity contribution in [3.63, 3.8) is 0 Å². The van der Waals surface area contributed by atoms with Crippen molar-refractivity contribution in [3.8, 4) is 0 Å². The minimum atomic E-state index is -0.0701. The maximum atomic E-state index is 11.7. The molecule has 0 saturated carbocycles. The first-order valence-electron chi connectivity index (χ1n) is 5.53. The lowest BCUT2D eigenvalue weighted by Crippen LogP contribution is -2.29. The molecule has 1 amide bonds. The van der Waals surface area contributed by atoms with Crippen LogP contribution in [0, 0.1) is 12.8 Å². The monoisotopic (exact) mass is 243 g/mol. The molecule has 0 bridgehead atoms. The molecule has 0 fully saturated rings. The molecule has 1 aromatic heterocycles. The Morgan fingerprint density at radius 1 is 1.69 bits per heavy atom. The molecule has 0 saturated heterocycles. The lowest BCUT2D eigenvalue weighted by atomic mass is 10.0. The molecule has 1 rings (SSSR count). The van der Waals surface area contributed by atoms with Crippen LogP contribution in [0.5, 0.6) is 0 Å². The molecule has 0 spiro atoms. The van der Waals surface area contributed by atoms with Gasteiger partial charge in [0.25, 0.3) is 5.91 Å². The third kappa shape index (κ3) is 3.52. The van der Waals surface area contributed by atoms with E-state index in [0.717, 1.165) is 18.5 Å². The number of hydrogen-bond donors (Lipinski definition) is 2. The van der Waals surface area contributed by atoms with Crippen LogP contribution in [0.2, 0.25) is 0 Å². The van der Waals surface area contributed by atoms with E-state index in [1.54, 1.807) is 6.20 Å². The topological polar surface area (TPSA) is 57.8 Å². The minimum absolute atomic E-state index is 0.0701. The number of alkyl halides is 1. The van der Waals surface area contributed by atoms with Crippen LogP contribution in [0.15, 0.2) is 6.20 Å². The van der Waals surface area contributed by atoms with Gasteiger partial charge in [-0.3, -0.25) is 9.89 Å². The fraction of sp³-hybridized carbons (Fsp3) is 0.636. The SMILES string of the molecule is CCC(CCCl)CNC(=O)c1cn[nH]c1C. The van der Waals surface area contributed by atoms with E-state index < -0.39 is 0 Å². The van der Waals surface area contributed by atoms with Gasteiger partial charge in [0.2, 0.25) is 0 Å². The molecule has 1 heterocycles. The van der Waals surface area contributed by atoms with Crippen molar-refractivity contribution in [2.75, 3.05) is 12.4 Å². The van der Waals surface area contributed by atoms with E-state index in [4.69, 9.17) is 11.6 Å². The predicted molar refractivity (Wildman–Crippen MR) is 64.8 cm³/mol. The Kier molecular flexibility index (Phi) is 5.32. The number of amides is 1. The largest absolute Gasteiger partial charge is 0.352 e. The van der Waals surface area contributed by atoms with Crippen LogP contribution in [0.1, 0.15) is 35.8 Å². The van der Waals surface area contributed by atoms with Gasteiger partial charge in [-0.25, -0.2) is 0 Å². The maximum Gasteiger partial charge on any atom is 0.254 e. The Balaban J connectivity index is 2.43. The van der Waals surface area contributed by atoms with Gasteiger partial charge in [-0.05, 0) is 19.3 Å². The van der Waals surface area contributed by atoms with Crippen molar-refractivity contribution in [1.82, 2.24) is 15.5 Å². The molecule has 16 heavy (non-hydrogen) atoms. The van der Waals surface area contributed by atoms with Gasteiger partial charge >= 0.3 is 0 Å². The highest BCUT2D eigenvalue weighted by molar-refractivity contribution is 6.17. The van der Waals surface area contributed by atoms with E-state index in [9.17, 15) is 4.79 Å². The number of carbonyl (C=O) groups is 1. The van der Waals surface area contributed by atoms with Crippen LogP contribution in [0.25, 0.3) is 0 Å². The van der Waals surface area contributed by atoms with Crippen LogP contribution >= 0.6 is 11.6 Å². The molecule has 0 aliphatic rings. The third-order valence-electron chi connectivity index (χ3n) is 2.72. The van der Waals surface area contributed by atoms with Crippen LogP contribution in [-0.4, -0.2) is 28.5 Å².